The van der Waals surface area contributed by atoms with E-state index in [1.165, 1.54) is 7.11 Å². The van der Waals surface area contributed by atoms with Crippen LogP contribution in [-0.2, 0) is 55.8 Å². The normalized spacial score (nSPS) is 27.0. The topological polar surface area (TPSA) is 263 Å². The Morgan fingerprint density at radius 1 is 0.850 bits per heavy atom. The molecule has 10 unspecified atom stereocenters. The lowest BCUT2D eigenvalue weighted by atomic mass is 10.1. The van der Waals surface area contributed by atoms with Crippen molar-refractivity contribution in [3.05, 3.63) is 0 Å². The highest BCUT2D eigenvalue weighted by molar-refractivity contribution is 7.47. The second-order valence-corrected chi connectivity index (χ2v) is 11.1. The summed E-state index contributed by atoms with van der Waals surface area (Å²) in [5.74, 6) is -0.812. The Kier molecular flexibility index (Phi) is 19.1. The summed E-state index contributed by atoms with van der Waals surface area (Å²) in [6.07, 6.45) is -9.27. The maximum Gasteiger partial charge on any atom is 0.472 e. The van der Waals surface area contributed by atoms with Gasteiger partial charge in [0.15, 0.2) is 6.29 Å². The van der Waals surface area contributed by atoms with Gasteiger partial charge in [0.1, 0.15) is 49.2 Å². The predicted octanol–water partition coefficient (Wildman–Crippen LogP) is -1.86. The molecule has 0 aromatic heterocycles. The minimum absolute atomic E-state index is 0. The molecule has 20 heteroatoms. The lowest BCUT2D eigenvalue weighted by Gasteiger charge is -2.23. The van der Waals surface area contributed by atoms with Gasteiger partial charge in [0.05, 0.1) is 39.6 Å². The summed E-state index contributed by atoms with van der Waals surface area (Å²) in [7, 11) is -7.04. The van der Waals surface area contributed by atoms with E-state index in [9.17, 15) is 43.8 Å². The number of aliphatic hydroxyl groups is 4. The molecular formula is C20H40O18P2. The van der Waals surface area contributed by atoms with E-state index in [0.29, 0.717) is 12.6 Å². The van der Waals surface area contributed by atoms with Crippen LogP contribution in [0.15, 0.2) is 0 Å². The molecule has 40 heavy (non-hydrogen) atoms. The van der Waals surface area contributed by atoms with Gasteiger partial charge in [-0.2, -0.15) is 0 Å². The molecule has 18 nitrogen and oxygen atoms in total. The number of aliphatic hydroxyl groups excluding tert-OH is 4. The Labute approximate surface area is 231 Å². The van der Waals surface area contributed by atoms with Crippen LogP contribution in [0, 0.1) is 5.92 Å². The third-order valence-electron chi connectivity index (χ3n) is 5.25. The molecule has 1 aliphatic heterocycles. The minimum atomic E-state index is -4.85. The third-order valence-corrected chi connectivity index (χ3v) is 7.15. The summed E-state index contributed by atoms with van der Waals surface area (Å²) in [4.78, 5) is 41.0. The van der Waals surface area contributed by atoms with Crippen molar-refractivity contribution in [1.29, 1.82) is 0 Å². The summed E-state index contributed by atoms with van der Waals surface area (Å²) >= 11 is 0. The van der Waals surface area contributed by atoms with Gasteiger partial charge < -0.3 is 58.7 Å². The number of rotatable bonds is 22. The van der Waals surface area contributed by atoms with Gasteiger partial charge in [-0.25, -0.2) is 9.13 Å². The fourth-order valence-corrected chi connectivity index (χ4v) is 4.44. The number of phosphoric acid groups is 2. The van der Waals surface area contributed by atoms with Gasteiger partial charge in [-0.05, 0) is 0 Å². The summed E-state index contributed by atoms with van der Waals surface area (Å²) in [5.41, 5.74) is 0. The van der Waals surface area contributed by atoms with Crippen LogP contribution in [-0.4, -0.2) is 140 Å². The summed E-state index contributed by atoms with van der Waals surface area (Å²) in [5, 5.41) is 39.4. The zero-order chi connectivity index (χ0) is 29.6. The molecule has 0 aromatic rings. The summed E-state index contributed by atoms with van der Waals surface area (Å²) in [6.45, 7) is -3.45. The molecule has 0 aromatic carbocycles. The van der Waals surface area contributed by atoms with Crippen LogP contribution in [0.2, 0.25) is 0 Å². The average Bonchev–Trinajstić information content (AvgIpc) is 3.19. The standard InChI is InChI=1S/C19H36O18P2.CH4/c1-30-13(6-22)8-33-38(26,27)34-9-14(31-2)10-35-39(28,29)36-11-15(23)18-16(24)17(25)19(37-18)32-7-12(5-21)3-4-20;/h4-5,12-19,22-25H,3,6-11H2,1-2H3,(H,26,27)(H,28,29);1H4. The molecule has 0 saturated carbocycles. The number of hydrogen-bond donors (Lipinski definition) is 6. The van der Waals surface area contributed by atoms with E-state index in [-0.39, 0.29) is 20.5 Å². The van der Waals surface area contributed by atoms with Gasteiger partial charge in [0, 0.05) is 26.6 Å². The summed E-state index contributed by atoms with van der Waals surface area (Å²) < 4.78 is 63.0. The molecule has 0 spiro atoms. The van der Waals surface area contributed by atoms with Crippen LogP contribution < -0.4 is 0 Å². The first-order chi connectivity index (χ1) is 18.3. The quantitative estimate of drug-likeness (QED) is 0.0566. The van der Waals surface area contributed by atoms with Crippen molar-refractivity contribution < 1.29 is 86.0 Å². The Hall–Kier alpha value is -0.760. The van der Waals surface area contributed by atoms with Crippen LogP contribution in [0.3, 0.4) is 0 Å². The van der Waals surface area contributed by atoms with E-state index < -0.39 is 97.5 Å². The van der Waals surface area contributed by atoms with E-state index in [4.69, 9.17) is 33.1 Å². The highest BCUT2D eigenvalue weighted by Gasteiger charge is 2.47. The second kappa shape index (κ2) is 19.4. The van der Waals surface area contributed by atoms with Crippen LogP contribution in [0.25, 0.3) is 0 Å². The third kappa shape index (κ3) is 13.9. The molecule has 6 N–H and O–H groups in total. The highest BCUT2D eigenvalue weighted by Crippen LogP contribution is 2.45. The zero-order valence-corrected chi connectivity index (χ0v) is 23.0. The molecule has 0 radical (unpaired) electrons. The molecule has 238 valence electrons. The number of phosphoric ester groups is 2. The number of ether oxygens (including phenoxy) is 4. The maximum absolute atomic E-state index is 12.2. The molecule has 1 aliphatic rings. The molecular weight excluding hydrogens is 590 g/mol. The fourth-order valence-electron chi connectivity index (χ4n) is 2.88. The highest BCUT2D eigenvalue weighted by atomic mass is 31.2. The van der Waals surface area contributed by atoms with Crippen molar-refractivity contribution >= 4 is 28.2 Å². The molecule has 1 fully saturated rings. The first-order valence-electron chi connectivity index (χ1n) is 11.4. The number of carbonyl (C=O) groups excluding carboxylic acids is 2. The number of hydrogen-bond acceptors (Lipinski definition) is 16. The van der Waals surface area contributed by atoms with Gasteiger partial charge >= 0.3 is 15.6 Å². The maximum atomic E-state index is 12.2. The first kappa shape index (κ1) is 39.2. The first-order valence-corrected chi connectivity index (χ1v) is 14.4. The molecule has 1 heterocycles. The largest absolute Gasteiger partial charge is 0.472 e. The van der Waals surface area contributed by atoms with E-state index in [2.05, 4.69) is 9.05 Å². The molecule has 10 atom stereocenters. The van der Waals surface area contributed by atoms with Crippen LogP contribution in [0.5, 0.6) is 0 Å². The van der Waals surface area contributed by atoms with Crippen molar-refractivity contribution in [1.82, 2.24) is 0 Å². The average molecular weight is 630 g/mol. The van der Waals surface area contributed by atoms with Crippen LogP contribution in [0.4, 0.5) is 0 Å². The van der Waals surface area contributed by atoms with Crippen LogP contribution >= 0.6 is 15.6 Å². The Bertz CT molecular complexity index is 812. The Morgan fingerprint density at radius 3 is 1.80 bits per heavy atom. The molecule has 0 aliphatic carbocycles. The lowest BCUT2D eigenvalue weighted by molar-refractivity contribution is -0.185. The second-order valence-electron chi connectivity index (χ2n) is 8.17. The van der Waals surface area contributed by atoms with Gasteiger partial charge in [-0.15, -0.1) is 0 Å². The SMILES string of the molecule is C.COC(CO)COP(=O)(O)OCC(COP(=O)(O)OCC(O)C1OC(OCC(C=O)CC=O)C(O)C1O)OC. The summed E-state index contributed by atoms with van der Waals surface area (Å²) in [6, 6.07) is 0. The molecule has 0 amide bonds. The Balaban J connectivity index is 0.0000152. The fraction of sp³-hybridized carbons (Fsp3) is 0.900. The number of methoxy groups -OCH3 is 2. The monoisotopic (exact) mass is 630 g/mol. The van der Waals surface area contributed by atoms with Gasteiger partial charge in [0.25, 0.3) is 0 Å². The van der Waals surface area contributed by atoms with E-state index in [0.717, 1.165) is 7.11 Å². The van der Waals surface area contributed by atoms with Gasteiger partial charge in [0.2, 0.25) is 0 Å². The van der Waals surface area contributed by atoms with Gasteiger partial charge in [-0.3, -0.25) is 18.1 Å². The number of carbonyl (C=O) groups is 2. The number of aldehydes is 2. The van der Waals surface area contributed by atoms with E-state index in [1.54, 1.807) is 0 Å². The smallest absolute Gasteiger partial charge is 0.394 e. The van der Waals surface area contributed by atoms with Crippen molar-refractivity contribution in [2.24, 2.45) is 5.92 Å². The van der Waals surface area contributed by atoms with Crippen molar-refractivity contribution in [3.8, 4) is 0 Å². The Morgan fingerprint density at radius 2 is 1.35 bits per heavy atom. The zero-order valence-electron chi connectivity index (χ0n) is 21.2. The van der Waals surface area contributed by atoms with Crippen LogP contribution in [0.1, 0.15) is 13.8 Å². The predicted molar refractivity (Wildman–Crippen MR) is 132 cm³/mol. The van der Waals surface area contributed by atoms with Crippen molar-refractivity contribution in [2.45, 2.75) is 56.8 Å². The lowest BCUT2D eigenvalue weighted by Crippen LogP contribution is -2.41. The van der Waals surface area contributed by atoms with Crippen molar-refractivity contribution in [2.75, 3.05) is 53.9 Å². The van der Waals surface area contributed by atoms with Crippen molar-refractivity contribution in [3.63, 3.8) is 0 Å². The molecule has 0 bridgehead atoms. The van der Waals surface area contributed by atoms with Gasteiger partial charge in [-0.1, -0.05) is 7.43 Å². The van der Waals surface area contributed by atoms with E-state index in [1.807, 2.05) is 0 Å². The van der Waals surface area contributed by atoms with E-state index >= 15 is 0 Å². The molecule has 1 rings (SSSR count). The minimum Gasteiger partial charge on any atom is -0.394 e. The molecule has 1 saturated heterocycles.